The van der Waals surface area contributed by atoms with Crippen LogP contribution in [0.1, 0.15) is 23.6 Å². The lowest BCUT2D eigenvalue weighted by molar-refractivity contribution is -0.0289. The minimum Gasteiger partial charge on any atom is -0.387 e. The highest BCUT2D eigenvalue weighted by Crippen LogP contribution is 2.33. The number of aromatic nitrogens is 6. The van der Waals surface area contributed by atoms with Crippen LogP contribution >= 0.6 is 11.8 Å². The average molecular weight is 462 g/mol. The predicted octanol–water partition coefficient (Wildman–Crippen LogP) is -1.28. The summed E-state index contributed by atoms with van der Waals surface area (Å²) in [6.45, 7) is 1.37. The number of rotatable bonds is 7. The molecule has 1 fully saturated rings. The largest absolute Gasteiger partial charge is 0.387 e. The van der Waals surface area contributed by atoms with E-state index in [-0.39, 0.29) is 29.1 Å². The molecular formula is C17H22N10O4S. The summed E-state index contributed by atoms with van der Waals surface area (Å²) in [5.41, 5.74) is 17.6. The Morgan fingerprint density at radius 3 is 2.72 bits per heavy atom. The third kappa shape index (κ3) is 3.97. The first-order chi connectivity index (χ1) is 15.3. The van der Waals surface area contributed by atoms with Crippen LogP contribution in [0.25, 0.3) is 11.2 Å². The molecule has 3 aromatic heterocycles. The van der Waals surface area contributed by atoms with Gasteiger partial charge in [0.1, 0.15) is 24.1 Å². The molecule has 8 N–H and O–H groups in total. The fraction of sp³-hybridized carbons (Fsp3) is 0.412. The Morgan fingerprint density at radius 1 is 1.22 bits per heavy atom. The van der Waals surface area contributed by atoms with Crippen molar-refractivity contribution in [1.29, 1.82) is 0 Å². The van der Waals surface area contributed by atoms with Gasteiger partial charge in [-0.1, -0.05) is 0 Å². The van der Waals surface area contributed by atoms with Crippen molar-refractivity contribution >= 4 is 46.3 Å². The number of guanidine groups is 1. The van der Waals surface area contributed by atoms with Crippen LogP contribution in [-0.2, 0) is 10.6 Å². The molecule has 4 heterocycles. The van der Waals surface area contributed by atoms with Crippen LogP contribution in [0.2, 0.25) is 0 Å². The van der Waals surface area contributed by atoms with E-state index in [1.807, 2.05) is 0 Å². The molecule has 4 atom stereocenters. The molecule has 0 saturated carbocycles. The molecule has 3 aromatic rings. The van der Waals surface area contributed by atoms with E-state index in [9.17, 15) is 15.0 Å². The number of aliphatic hydroxyl groups is 2. The number of nitrogen functional groups attached to an aromatic ring is 1. The van der Waals surface area contributed by atoms with E-state index in [0.29, 0.717) is 22.8 Å². The molecular weight excluding hydrogens is 440 g/mol. The molecule has 14 nitrogen and oxygen atoms in total. The lowest BCUT2D eigenvalue weighted by Crippen LogP contribution is -2.32. The summed E-state index contributed by atoms with van der Waals surface area (Å²) in [5.74, 6) is 0.641. The molecule has 170 valence electrons. The maximum atomic E-state index is 11.7. The van der Waals surface area contributed by atoms with Gasteiger partial charge in [0.05, 0.1) is 24.6 Å². The van der Waals surface area contributed by atoms with Gasteiger partial charge in [0.2, 0.25) is 0 Å². The number of nitrogens with two attached hydrogens (primary N) is 3. The van der Waals surface area contributed by atoms with E-state index in [0.717, 1.165) is 0 Å². The lowest BCUT2D eigenvalue weighted by atomic mass is 10.1. The normalized spacial score (nSPS) is 23.0. The maximum absolute atomic E-state index is 11.7. The van der Waals surface area contributed by atoms with Crippen LogP contribution in [0.4, 0.5) is 11.6 Å². The average Bonchev–Trinajstić information content (AvgIpc) is 3.41. The Hall–Kier alpha value is -3.27. The zero-order valence-electron chi connectivity index (χ0n) is 16.9. The first kappa shape index (κ1) is 21.9. The van der Waals surface area contributed by atoms with Crippen molar-refractivity contribution in [1.82, 2.24) is 29.1 Å². The number of aliphatic hydroxyl groups excluding tert-OH is 2. The van der Waals surface area contributed by atoms with Crippen LogP contribution in [0.3, 0.4) is 0 Å². The second-order valence-electron chi connectivity index (χ2n) is 7.11. The van der Waals surface area contributed by atoms with Crippen molar-refractivity contribution < 1.29 is 19.7 Å². The molecule has 0 radical (unpaired) electrons. The van der Waals surface area contributed by atoms with E-state index in [4.69, 9.17) is 21.9 Å². The van der Waals surface area contributed by atoms with Crippen molar-refractivity contribution in [3.8, 4) is 0 Å². The van der Waals surface area contributed by atoms with Crippen molar-refractivity contribution in [2.24, 2.45) is 16.5 Å². The predicted molar refractivity (Wildman–Crippen MR) is 116 cm³/mol. The van der Waals surface area contributed by atoms with Gasteiger partial charge in [0.15, 0.2) is 40.9 Å². The highest BCUT2D eigenvalue weighted by Gasteiger charge is 2.44. The quantitative estimate of drug-likeness (QED) is 0.157. The van der Waals surface area contributed by atoms with Crippen molar-refractivity contribution in [2.75, 3.05) is 11.5 Å². The number of hydrogen-bond acceptors (Lipinski definition) is 11. The highest BCUT2D eigenvalue weighted by molar-refractivity contribution is 7.98. The van der Waals surface area contributed by atoms with Gasteiger partial charge in [-0.25, -0.2) is 19.9 Å². The van der Waals surface area contributed by atoms with E-state index >= 15 is 0 Å². The van der Waals surface area contributed by atoms with Gasteiger partial charge in [0.25, 0.3) is 0 Å². The van der Waals surface area contributed by atoms with E-state index in [1.165, 1.54) is 42.2 Å². The Labute approximate surface area is 185 Å². The van der Waals surface area contributed by atoms with Crippen LogP contribution < -0.4 is 17.2 Å². The van der Waals surface area contributed by atoms with Gasteiger partial charge >= 0.3 is 0 Å². The smallest absolute Gasteiger partial charge is 0.192 e. The van der Waals surface area contributed by atoms with Gasteiger partial charge in [-0.05, 0) is 0 Å². The number of ether oxygens (including phenoxy) is 1. The lowest BCUT2D eigenvalue weighted by Gasteiger charge is -2.16. The molecule has 1 aliphatic heterocycles. The molecule has 15 heteroatoms. The van der Waals surface area contributed by atoms with Crippen LogP contribution in [0.5, 0.6) is 0 Å². The second kappa shape index (κ2) is 8.70. The summed E-state index contributed by atoms with van der Waals surface area (Å²) in [6, 6.07) is 0. The SMILES string of the molecule is CC(=O)c1ncn(CSCC2OC(n3cnc4c(N)ncnc43)C(O)C2O)c1N=C(N)N. The summed E-state index contributed by atoms with van der Waals surface area (Å²) in [4.78, 5) is 32.0. The number of carbonyl (C=O) groups excluding carboxylic acids is 1. The number of fused-ring (bicyclic) bond motifs is 1. The molecule has 0 bridgehead atoms. The minimum atomic E-state index is -1.20. The number of thioether (sulfide) groups is 1. The fourth-order valence-electron chi connectivity index (χ4n) is 3.38. The third-order valence-corrected chi connectivity index (χ3v) is 5.91. The zero-order chi connectivity index (χ0) is 23.0. The number of imidazole rings is 2. The van der Waals surface area contributed by atoms with E-state index in [1.54, 1.807) is 4.57 Å². The van der Waals surface area contributed by atoms with Gasteiger partial charge in [-0.2, -0.15) is 4.99 Å². The number of anilines is 1. The molecule has 4 unspecified atom stereocenters. The summed E-state index contributed by atoms with van der Waals surface area (Å²) >= 11 is 1.38. The molecule has 0 amide bonds. The molecule has 0 spiro atoms. The highest BCUT2D eigenvalue weighted by atomic mass is 32.2. The molecule has 1 saturated heterocycles. The summed E-state index contributed by atoms with van der Waals surface area (Å²) in [7, 11) is 0. The molecule has 4 rings (SSSR count). The Kier molecular flexibility index (Phi) is 5.96. The molecule has 0 aliphatic carbocycles. The number of nitrogens with zero attached hydrogens (tertiary/aromatic N) is 7. The van der Waals surface area contributed by atoms with E-state index < -0.39 is 24.5 Å². The number of ketones is 1. The van der Waals surface area contributed by atoms with Crippen molar-refractivity contribution in [3.63, 3.8) is 0 Å². The number of carbonyl (C=O) groups is 1. The van der Waals surface area contributed by atoms with Gasteiger partial charge in [0, 0.05) is 12.7 Å². The van der Waals surface area contributed by atoms with Crippen molar-refractivity contribution in [2.45, 2.75) is 37.3 Å². The third-order valence-electron chi connectivity index (χ3n) is 4.89. The Balaban J connectivity index is 1.46. The summed E-state index contributed by atoms with van der Waals surface area (Å²) in [6.07, 6.45) is 0.249. The molecule has 32 heavy (non-hydrogen) atoms. The number of hydrogen-bond donors (Lipinski definition) is 5. The Bertz CT molecular complexity index is 1170. The van der Waals surface area contributed by atoms with Gasteiger partial charge in [-0.15, -0.1) is 11.8 Å². The first-order valence-electron chi connectivity index (χ1n) is 9.46. The maximum Gasteiger partial charge on any atom is 0.192 e. The number of aliphatic imine (C=N–C) groups is 1. The monoisotopic (exact) mass is 462 g/mol. The first-order valence-corrected chi connectivity index (χ1v) is 10.6. The molecule has 1 aliphatic rings. The fourth-order valence-corrected chi connectivity index (χ4v) is 4.38. The van der Waals surface area contributed by atoms with Crippen LogP contribution in [-0.4, -0.2) is 75.1 Å². The second-order valence-corrected chi connectivity index (χ2v) is 8.11. The summed E-state index contributed by atoms with van der Waals surface area (Å²) in [5, 5.41) is 21.0. The zero-order valence-corrected chi connectivity index (χ0v) is 17.8. The van der Waals surface area contributed by atoms with E-state index in [2.05, 4.69) is 24.9 Å². The molecule has 0 aromatic carbocycles. The Morgan fingerprint density at radius 2 is 2.00 bits per heavy atom. The van der Waals surface area contributed by atoms with Crippen LogP contribution in [0.15, 0.2) is 24.0 Å². The summed E-state index contributed by atoms with van der Waals surface area (Å²) < 4.78 is 9.03. The van der Waals surface area contributed by atoms with Crippen LogP contribution in [0, 0.1) is 0 Å². The minimum absolute atomic E-state index is 0.153. The van der Waals surface area contributed by atoms with Gasteiger partial charge in [-0.3, -0.25) is 9.36 Å². The van der Waals surface area contributed by atoms with Crippen molar-refractivity contribution in [3.05, 3.63) is 24.7 Å². The van der Waals surface area contributed by atoms with Gasteiger partial charge < -0.3 is 36.7 Å². The standard InChI is InChI=1S/C17H22N10O4S/c1-7(28)9-15(25-17(19)20)26(4-23-9)6-32-2-8-11(29)12(30)16(31-8)27-5-24-10-13(18)21-3-22-14(10)27/h3-5,8,11-12,16,29-30H,2,6H2,1H3,(H2,18,21,22)(H4,19,20,25). The number of Topliss-reactive ketones (excluding diaryl/α,β-unsaturated/α-hetero) is 1. The topological polar surface area (TPSA) is 219 Å².